The van der Waals surface area contributed by atoms with Crippen LogP contribution < -0.4 is 10.2 Å². The smallest absolute Gasteiger partial charge is 0.276 e. The molecular formula is C22H19N3O2. The fraction of sp³-hybridized carbons (Fsp3) is 0.136. The maximum absolute atomic E-state index is 13.0. The standard InChI is InChI=1S/C22H19N3O2/c26-21(24-18-9-2-1-3-10-18)17-12-13-23-19(15-17)22(27)25-14-6-8-16-7-4-5-11-20(16)25/h1-5,7,9-13,15H,6,8,14H2,(H,24,26). The Hall–Kier alpha value is -3.47. The van der Waals surface area contributed by atoms with Gasteiger partial charge in [-0.05, 0) is 48.7 Å². The van der Waals surface area contributed by atoms with E-state index in [4.69, 9.17) is 0 Å². The van der Waals surface area contributed by atoms with Crippen LogP contribution in [0.2, 0.25) is 0 Å². The Bertz CT molecular complexity index is 986. The molecule has 2 heterocycles. The van der Waals surface area contributed by atoms with Gasteiger partial charge in [-0.25, -0.2) is 0 Å². The number of nitrogens with zero attached hydrogens (tertiary/aromatic N) is 2. The molecule has 0 radical (unpaired) electrons. The fourth-order valence-electron chi connectivity index (χ4n) is 3.30. The van der Waals surface area contributed by atoms with Crippen LogP contribution in [0, 0.1) is 0 Å². The molecule has 2 aromatic carbocycles. The molecule has 0 bridgehead atoms. The van der Waals surface area contributed by atoms with Crippen LogP contribution in [0.1, 0.15) is 32.8 Å². The highest BCUT2D eigenvalue weighted by molar-refractivity contribution is 6.09. The number of rotatable bonds is 3. The van der Waals surface area contributed by atoms with E-state index in [2.05, 4.69) is 10.3 Å². The number of anilines is 2. The number of carbonyl (C=O) groups is 2. The lowest BCUT2D eigenvalue weighted by Crippen LogP contribution is -2.36. The van der Waals surface area contributed by atoms with Gasteiger partial charge in [0.2, 0.25) is 0 Å². The Morgan fingerprint density at radius 3 is 2.59 bits per heavy atom. The maximum atomic E-state index is 13.0. The summed E-state index contributed by atoms with van der Waals surface area (Å²) in [7, 11) is 0. The molecule has 27 heavy (non-hydrogen) atoms. The summed E-state index contributed by atoms with van der Waals surface area (Å²) < 4.78 is 0. The highest BCUT2D eigenvalue weighted by Crippen LogP contribution is 2.27. The largest absolute Gasteiger partial charge is 0.322 e. The number of benzene rings is 2. The zero-order valence-corrected chi connectivity index (χ0v) is 14.8. The second kappa shape index (κ2) is 7.41. The summed E-state index contributed by atoms with van der Waals surface area (Å²) in [5.41, 5.74) is 3.47. The molecule has 1 aliphatic rings. The average molecular weight is 357 g/mol. The Kier molecular flexibility index (Phi) is 4.66. The van der Waals surface area contributed by atoms with Crippen LogP contribution in [0.25, 0.3) is 0 Å². The van der Waals surface area contributed by atoms with Gasteiger partial charge in [0.25, 0.3) is 11.8 Å². The molecule has 1 aliphatic heterocycles. The summed E-state index contributed by atoms with van der Waals surface area (Å²) >= 11 is 0. The summed E-state index contributed by atoms with van der Waals surface area (Å²) in [4.78, 5) is 31.5. The van der Waals surface area contributed by atoms with E-state index in [0.717, 1.165) is 24.1 Å². The minimum absolute atomic E-state index is 0.184. The molecule has 0 spiro atoms. The predicted molar refractivity (Wildman–Crippen MR) is 105 cm³/mol. The third-order valence-corrected chi connectivity index (χ3v) is 4.63. The zero-order chi connectivity index (χ0) is 18.6. The SMILES string of the molecule is O=C(Nc1ccccc1)c1ccnc(C(=O)N2CCCc3ccccc32)c1. The number of amides is 2. The van der Waals surface area contributed by atoms with Gasteiger partial charge in [-0.3, -0.25) is 14.6 Å². The highest BCUT2D eigenvalue weighted by atomic mass is 16.2. The van der Waals surface area contributed by atoms with Crippen molar-refractivity contribution in [2.75, 3.05) is 16.8 Å². The average Bonchev–Trinajstić information content (AvgIpc) is 2.73. The molecule has 5 nitrogen and oxygen atoms in total. The number of aromatic nitrogens is 1. The van der Waals surface area contributed by atoms with Crippen LogP contribution in [-0.2, 0) is 6.42 Å². The molecule has 0 aliphatic carbocycles. The molecule has 5 heteroatoms. The lowest BCUT2D eigenvalue weighted by atomic mass is 10.0. The summed E-state index contributed by atoms with van der Waals surface area (Å²) in [6.07, 6.45) is 3.38. The molecular weight excluding hydrogens is 338 g/mol. The van der Waals surface area contributed by atoms with Crippen LogP contribution >= 0.6 is 0 Å². The van der Waals surface area contributed by atoms with Crippen molar-refractivity contribution in [3.05, 3.63) is 89.7 Å². The van der Waals surface area contributed by atoms with Gasteiger partial charge < -0.3 is 10.2 Å². The van der Waals surface area contributed by atoms with Crippen LogP contribution in [0.4, 0.5) is 11.4 Å². The van der Waals surface area contributed by atoms with E-state index >= 15 is 0 Å². The molecule has 0 saturated heterocycles. The number of pyridine rings is 1. The third-order valence-electron chi connectivity index (χ3n) is 4.63. The van der Waals surface area contributed by atoms with Crippen molar-refractivity contribution >= 4 is 23.2 Å². The van der Waals surface area contributed by atoms with Crippen LogP contribution in [0.15, 0.2) is 72.9 Å². The Labute approximate surface area is 157 Å². The van der Waals surface area contributed by atoms with Crippen molar-refractivity contribution in [2.45, 2.75) is 12.8 Å². The van der Waals surface area contributed by atoms with Gasteiger partial charge in [0, 0.05) is 29.7 Å². The van der Waals surface area contributed by atoms with Crippen molar-refractivity contribution in [3.8, 4) is 0 Å². The monoisotopic (exact) mass is 357 g/mol. The van der Waals surface area contributed by atoms with Crippen LogP contribution in [0.5, 0.6) is 0 Å². The van der Waals surface area contributed by atoms with Gasteiger partial charge in [0.15, 0.2) is 0 Å². The van der Waals surface area contributed by atoms with E-state index in [9.17, 15) is 9.59 Å². The molecule has 0 unspecified atom stereocenters. The van der Waals surface area contributed by atoms with Gasteiger partial charge in [0.05, 0.1) is 0 Å². The molecule has 1 aromatic heterocycles. The van der Waals surface area contributed by atoms with Crippen molar-refractivity contribution < 1.29 is 9.59 Å². The number of hydrogen-bond donors (Lipinski definition) is 1. The molecule has 1 N–H and O–H groups in total. The summed E-state index contributed by atoms with van der Waals surface area (Å²) in [6.45, 7) is 0.651. The fourth-order valence-corrected chi connectivity index (χ4v) is 3.30. The first-order chi connectivity index (χ1) is 13.2. The molecule has 0 fully saturated rings. The first-order valence-electron chi connectivity index (χ1n) is 8.94. The molecule has 2 amide bonds. The lowest BCUT2D eigenvalue weighted by Gasteiger charge is -2.29. The van der Waals surface area contributed by atoms with E-state index < -0.39 is 0 Å². The van der Waals surface area contributed by atoms with E-state index in [1.165, 1.54) is 6.20 Å². The Balaban J connectivity index is 1.58. The summed E-state index contributed by atoms with van der Waals surface area (Å²) in [5.74, 6) is -0.451. The van der Waals surface area contributed by atoms with Gasteiger partial charge >= 0.3 is 0 Å². The Morgan fingerprint density at radius 1 is 0.963 bits per heavy atom. The van der Waals surface area contributed by atoms with E-state index in [1.54, 1.807) is 17.0 Å². The van der Waals surface area contributed by atoms with Gasteiger partial charge in [-0.1, -0.05) is 36.4 Å². The van der Waals surface area contributed by atoms with E-state index in [1.807, 2.05) is 54.6 Å². The minimum Gasteiger partial charge on any atom is -0.322 e. The van der Waals surface area contributed by atoms with Gasteiger partial charge in [-0.15, -0.1) is 0 Å². The molecule has 0 atom stereocenters. The minimum atomic E-state index is -0.267. The molecule has 0 saturated carbocycles. The first kappa shape index (κ1) is 17.0. The highest BCUT2D eigenvalue weighted by Gasteiger charge is 2.24. The number of carbonyl (C=O) groups excluding carboxylic acids is 2. The predicted octanol–water partition coefficient (Wildman–Crippen LogP) is 3.93. The molecule has 3 aromatic rings. The van der Waals surface area contributed by atoms with E-state index in [0.29, 0.717) is 17.8 Å². The normalized spacial score (nSPS) is 13.0. The number of fused-ring (bicyclic) bond motifs is 1. The summed E-state index contributed by atoms with van der Waals surface area (Å²) in [5, 5.41) is 2.83. The maximum Gasteiger partial charge on any atom is 0.276 e. The Morgan fingerprint density at radius 2 is 1.74 bits per heavy atom. The number of aryl methyl sites for hydroxylation is 1. The molecule has 4 rings (SSSR count). The lowest BCUT2D eigenvalue weighted by molar-refractivity contribution is 0.0980. The topological polar surface area (TPSA) is 62.3 Å². The number of hydrogen-bond acceptors (Lipinski definition) is 3. The van der Waals surface area contributed by atoms with Crippen LogP contribution in [-0.4, -0.2) is 23.3 Å². The van der Waals surface area contributed by atoms with E-state index in [-0.39, 0.29) is 17.5 Å². The quantitative estimate of drug-likeness (QED) is 0.773. The second-order valence-corrected chi connectivity index (χ2v) is 6.44. The number of para-hydroxylation sites is 2. The van der Waals surface area contributed by atoms with Crippen molar-refractivity contribution in [1.29, 1.82) is 0 Å². The van der Waals surface area contributed by atoms with Crippen molar-refractivity contribution in [1.82, 2.24) is 4.98 Å². The van der Waals surface area contributed by atoms with Gasteiger partial charge in [-0.2, -0.15) is 0 Å². The zero-order valence-electron chi connectivity index (χ0n) is 14.8. The van der Waals surface area contributed by atoms with Crippen molar-refractivity contribution in [2.24, 2.45) is 0 Å². The summed E-state index contributed by atoms with van der Waals surface area (Å²) in [6, 6.07) is 20.3. The van der Waals surface area contributed by atoms with Crippen LogP contribution in [0.3, 0.4) is 0 Å². The second-order valence-electron chi connectivity index (χ2n) is 6.44. The van der Waals surface area contributed by atoms with Crippen molar-refractivity contribution in [3.63, 3.8) is 0 Å². The third kappa shape index (κ3) is 3.58. The number of nitrogens with one attached hydrogen (secondary N) is 1. The first-order valence-corrected chi connectivity index (χ1v) is 8.94. The molecule has 134 valence electrons. The van der Waals surface area contributed by atoms with Gasteiger partial charge in [0.1, 0.15) is 5.69 Å².